The van der Waals surface area contributed by atoms with E-state index in [4.69, 9.17) is 9.47 Å². The largest absolute Gasteiger partial charge is 0.468 e. The molecule has 0 aromatic rings. The lowest BCUT2D eigenvalue weighted by molar-refractivity contribution is -0.147. The molecule has 3 heteroatoms. The van der Waals surface area contributed by atoms with Crippen LogP contribution in [0.4, 0.5) is 0 Å². The topological polar surface area (TPSA) is 35.5 Å². The zero-order chi connectivity index (χ0) is 9.47. The van der Waals surface area contributed by atoms with Crippen molar-refractivity contribution >= 4 is 5.97 Å². The summed E-state index contributed by atoms with van der Waals surface area (Å²) in [5.41, 5.74) is -0.443. The van der Waals surface area contributed by atoms with Crippen LogP contribution in [0.25, 0.3) is 0 Å². The quantitative estimate of drug-likeness (QED) is 0.474. The number of esters is 1. The minimum atomic E-state index is -0.443. The van der Waals surface area contributed by atoms with Gasteiger partial charge in [0.15, 0.2) is 0 Å². The van der Waals surface area contributed by atoms with Gasteiger partial charge in [0.2, 0.25) is 0 Å². The minimum Gasteiger partial charge on any atom is -0.468 e. The Morgan fingerprint density at radius 1 is 1.69 bits per heavy atom. The average molecular weight is 182 g/mol. The lowest BCUT2D eigenvalue weighted by Crippen LogP contribution is -2.23. The summed E-state index contributed by atoms with van der Waals surface area (Å²) < 4.78 is 10.3. The Morgan fingerprint density at radius 3 is 2.92 bits per heavy atom. The van der Waals surface area contributed by atoms with Crippen LogP contribution < -0.4 is 0 Å². The summed E-state index contributed by atoms with van der Waals surface area (Å²) in [5.74, 6) is 0.205. The lowest BCUT2D eigenvalue weighted by atomic mass is 10.0. The zero-order valence-corrected chi connectivity index (χ0v) is 7.95. The van der Waals surface area contributed by atoms with Crippen LogP contribution in [0.2, 0.25) is 0 Å². The number of hydrogen-bond donors (Lipinski definition) is 0. The number of rotatable bonds is 2. The molecule has 0 aromatic heterocycles. The summed E-state index contributed by atoms with van der Waals surface area (Å²) in [7, 11) is 1.43. The molecule has 0 aromatic carbocycles. The third kappa shape index (κ3) is 0.967. The smallest absolute Gasteiger partial charge is 0.318 e. The van der Waals surface area contributed by atoms with Crippen molar-refractivity contribution in [3.05, 3.63) is 12.2 Å². The van der Waals surface area contributed by atoms with Gasteiger partial charge in [-0.1, -0.05) is 12.2 Å². The number of carbonyl (C=O) groups excluding carboxylic acids is 1. The van der Waals surface area contributed by atoms with Crippen molar-refractivity contribution in [2.75, 3.05) is 13.7 Å². The van der Waals surface area contributed by atoms with Crippen LogP contribution in [0.1, 0.15) is 13.3 Å². The monoisotopic (exact) mass is 182 g/mol. The SMILES string of the molecule is C/C=C/[C@]1(C(=O)OC)[C@@H]2OCC[C@@H]21. The second-order valence-electron chi connectivity index (χ2n) is 3.61. The van der Waals surface area contributed by atoms with E-state index in [1.165, 1.54) is 7.11 Å². The Balaban J connectivity index is 2.21. The molecular formula is C10H14O3. The highest BCUT2D eigenvalue weighted by Gasteiger charge is 2.72. The van der Waals surface area contributed by atoms with Gasteiger partial charge in [-0.2, -0.15) is 0 Å². The second kappa shape index (κ2) is 2.84. The van der Waals surface area contributed by atoms with Crippen molar-refractivity contribution in [2.45, 2.75) is 19.4 Å². The highest BCUT2D eigenvalue weighted by molar-refractivity contribution is 5.85. The van der Waals surface area contributed by atoms with E-state index in [0.29, 0.717) is 5.92 Å². The van der Waals surface area contributed by atoms with Gasteiger partial charge in [-0.3, -0.25) is 4.79 Å². The molecule has 3 atom stereocenters. The summed E-state index contributed by atoms with van der Waals surface area (Å²) >= 11 is 0. The third-order valence-electron chi connectivity index (χ3n) is 3.05. The van der Waals surface area contributed by atoms with Crippen LogP contribution in [0.5, 0.6) is 0 Å². The van der Waals surface area contributed by atoms with Crippen molar-refractivity contribution < 1.29 is 14.3 Å². The van der Waals surface area contributed by atoms with Gasteiger partial charge in [-0.25, -0.2) is 0 Å². The predicted molar refractivity (Wildman–Crippen MR) is 47.1 cm³/mol. The van der Waals surface area contributed by atoms with E-state index in [9.17, 15) is 4.79 Å². The molecule has 72 valence electrons. The molecule has 2 fully saturated rings. The van der Waals surface area contributed by atoms with Gasteiger partial charge in [0.1, 0.15) is 5.41 Å². The molecular weight excluding hydrogens is 168 g/mol. The van der Waals surface area contributed by atoms with Crippen molar-refractivity contribution in [1.29, 1.82) is 0 Å². The van der Waals surface area contributed by atoms with E-state index in [-0.39, 0.29) is 12.1 Å². The first-order chi connectivity index (χ1) is 6.27. The van der Waals surface area contributed by atoms with E-state index in [1.54, 1.807) is 0 Å². The molecule has 3 nitrogen and oxygen atoms in total. The Kier molecular flexibility index (Phi) is 1.91. The maximum atomic E-state index is 11.5. The van der Waals surface area contributed by atoms with Crippen molar-refractivity contribution in [1.82, 2.24) is 0 Å². The summed E-state index contributed by atoms with van der Waals surface area (Å²) in [6.07, 6.45) is 4.88. The van der Waals surface area contributed by atoms with Gasteiger partial charge in [0, 0.05) is 12.5 Å². The van der Waals surface area contributed by atoms with Gasteiger partial charge in [0.05, 0.1) is 13.2 Å². The molecule has 13 heavy (non-hydrogen) atoms. The van der Waals surface area contributed by atoms with E-state index >= 15 is 0 Å². The molecule has 0 amide bonds. The van der Waals surface area contributed by atoms with Crippen LogP contribution in [-0.4, -0.2) is 25.8 Å². The molecule has 1 saturated carbocycles. The van der Waals surface area contributed by atoms with Crippen LogP contribution >= 0.6 is 0 Å². The van der Waals surface area contributed by atoms with Crippen LogP contribution in [-0.2, 0) is 14.3 Å². The fourth-order valence-electron chi connectivity index (χ4n) is 2.42. The highest BCUT2D eigenvalue weighted by Crippen LogP contribution is 2.61. The molecule has 1 saturated heterocycles. The van der Waals surface area contributed by atoms with Crippen molar-refractivity contribution in [3.63, 3.8) is 0 Å². The molecule has 0 spiro atoms. The molecule has 0 unspecified atom stereocenters. The third-order valence-corrected chi connectivity index (χ3v) is 3.05. The lowest BCUT2D eigenvalue weighted by Gasteiger charge is -2.13. The van der Waals surface area contributed by atoms with E-state index in [2.05, 4.69) is 0 Å². The average Bonchev–Trinajstić information content (AvgIpc) is 2.57. The number of carbonyl (C=O) groups is 1. The van der Waals surface area contributed by atoms with Gasteiger partial charge in [-0.05, 0) is 13.3 Å². The Hall–Kier alpha value is -0.830. The first kappa shape index (κ1) is 8.75. The van der Waals surface area contributed by atoms with Crippen LogP contribution in [0, 0.1) is 11.3 Å². The van der Waals surface area contributed by atoms with E-state index in [1.807, 2.05) is 19.1 Å². The van der Waals surface area contributed by atoms with Crippen LogP contribution in [0.15, 0.2) is 12.2 Å². The maximum absolute atomic E-state index is 11.5. The molecule has 0 bridgehead atoms. The molecule has 0 N–H and O–H groups in total. The Morgan fingerprint density at radius 2 is 2.46 bits per heavy atom. The predicted octanol–water partition coefficient (Wildman–Crippen LogP) is 1.14. The number of methoxy groups -OCH3 is 1. The van der Waals surface area contributed by atoms with Gasteiger partial charge >= 0.3 is 5.97 Å². The number of fused-ring (bicyclic) bond motifs is 1. The minimum absolute atomic E-state index is 0.0798. The summed E-state index contributed by atoms with van der Waals surface area (Å²) in [6, 6.07) is 0. The standard InChI is InChI=1S/C10H14O3/c1-3-5-10(9(11)12-2)7-4-6-13-8(7)10/h3,5,7-8H,4,6H2,1-2H3/b5-3+/t7-,8+,10+/m0/s1. The summed E-state index contributed by atoms with van der Waals surface area (Å²) in [5, 5.41) is 0. The first-order valence-corrected chi connectivity index (χ1v) is 4.61. The molecule has 2 aliphatic rings. The highest BCUT2D eigenvalue weighted by atomic mass is 16.5. The number of hydrogen-bond acceptors (Lipinski definition) is 3. The van der Waals surface area contributed by atoms with Gasteiger partial charge in [0.25, 0.3) is 0 Å². The normalized spacial score (nSPS) is 42.0. The van der Waals surface area contributed by atoms with E-state index < -0.39 is 5.41 Å². The molecule has 2 rings (SSSR count). The maximum Gasteiger partial charge on any atom is 0.318 e. The molecule has 1 aliphatic carbocycles. The summed E-state index contributed by atoms with van der Waals surface area (Å²) in [4.78, 5) is 11.5. The first-order valence-electron chi connectivity index (χ1n) is 4.61. The Labute approximate surface area is 77.7 Å². The van der Waals surface area contributed by atoms with Crippen LogP contribution in [0.3, 0.4) is 0 Å². The fraction of sp³-hybridized carbons (Fsp3) is 0.700. The molecule has 0 radical (unpaired) electrons. The Bertz CT molecular complexity index is 247. The molecule has 1 heterocycles. The van der Waals surface area contributed by atoms with Crippen molar-refractivity contribution in [3.8, 4) is 0 Å². The summed E-state index contributed by atoms with van der Waals surface area (Å²) in [6.45, 7) is 2.70. The van der Waals surface area contributed by atoms with Gasteiger partial charge in [-0.15, -0.1) is 0 Å². The molecule has 1 aliphatic heterocycles. The zero-order valence-electron chi connectivity index (χ0n) is 7.95. The van der Waals surface area contributed by atoms with Gasteiger partial charge < -0.3 is 9.47 Å². The van der Waals surface area contributed by atoms with E-state index in [0.717, 1.165) is 13.0 Å². The number of allylic oxidation sites excluding steroid dienone is 1. The number of ether oxygens (including phenoxy) is 2. The second-order valence-corrected chi connectivity index (χ2v) is 3.61. The fourth-order valence-corrected chi connectivity index (χ4v) is 2.42. The van der Waals surface area contributed by atoms with Crippen molar-refractivity contribution in [2.24, 2.45) is 11.3 Å².